The fourth-order valence-corrected chi connectivity index (χ4v) is 2.51. The van der Waals surface area contributed by atoms with Gasteiger partial charge in [-0.15, -0.1) is 0 Å². The van der Waals surface area contributed by atoms with Crippen LogP contribution in [0, 0.1) is 0 Å². The smallest absolute Gasteiger partial charge is 0.409 e. The van der Waals surface area contributed by atoms with Gasteiger partial charge < -0.3 is 24.3 Å². The normalized spacial score (nSPS) is 19.5. The number of urea groups is 1. The molecule has 0 aromatic rings. The second-order valence-electron chi connectivity index (χ2n) is 5.08. The lowest BCUT2D eigenvalue weighted by molar-refractivity contribution is -0.119. The summed E-state index contributed by atoms with van der Waals surface area (Å²) >= 11 is 0. The lowest BCUT2D eigenvalue weighted by Crippen LogP contribution is -2.57. The van der Waals surface area contributed by atoms with Crippen molar-refractivity contribution in [1.29, 1.82) is 0 Å². The number of carbonyl (C=O) groups is 3. The zero-order valence-corrected chi connectivity index (χ0v) is 12.4. The third-order valence-corrected chi connectivity index (χ3v) is 3.81. The maximum atomic E-state index is 12.4. The van der Waals surface area contributed by atoms with Crippen molar-refractivity contribution >= 4 is 18.5 Å². The average Bonchev–Trinajstić information content (AvgIpc) is 2.54. The van der Waals surface area contributed by atoms with Crippen molar-refractivity contribution in [3.63, 3.8) is 0 Å². The van der Waals surface area contributed by atoms with Gasteiger partial charge in [0.1, 0.15) is 0 Å². The molecule has 2 saturated heterocycles. The molecule has 0 aromatic heterocycles. The van der Waals surface area contributed by atoms with Gasteiger partial charge in [0, 0.05) is 52.4 Å². The summed E-state index contributed by atoms with van der Waals surface area (Å²) in [4.78, 5) is 41.4. The molecule has 0 aliphatic carbocycles. The van der Waals surface area contributed by atoms with Gasteiger partial charge in [-0.25, -0.2) is 9.59 Å². The maximum absolute atomic E-state index is 12.4. The highest BCUT2D eigenvalue weighted by molar-refractivity contribution is 5.75. The zero-order valence-electron chi connectivity index (χ0n) is 12.4. The summed E-state index contributed by atoms with van der Waals surface area (Å²) in [7, 11) is 0. The number of ether oxygens (including phenoxy) is 1. The van der Waals surface area contributed by atoms with Gasteiger partial charge in [-0.2, -0.15) is 0 Å². The van der Waals surface area contributed by atoms with E-state index in [1.165, 1.54) is 0 Å². The monoisotopic (exact) mass is 298 g/mol. The van der Waals surface area contributed by atoms with Gasteiger partial charge >= 0.3 is 12.1 Å². The summed E-state index contributed by atoms with van der Waals surface area (Å²) in [6, 6.07) is -0.0101. The van der Waals surface area contributed by atoms with E-state index in [0.29, 0.717) is 59.0 Å². The molecule has 8 nitrogen and oxygen atoms in total. The second kappa shape index (κ2) is 7.14. The van der Waals surface area contributed by atoms with E-state index >= 15 is 0 Å². The van der Waals surface area contributed by atoms with E-state index in [-0.39, 0.29) is 12.1 Å². The molecule has 4 amide bonds. The predicted octanol–water partition coefficient (Wildman–Crippen LogP) is -0.345. The van der Waals surface area contributed by atoms with Crippen molar-refractivity contribution in [2.75, 3.05) is 59.0 Å². The van der Waals surface area contributed by atoms with E-state index in [1.54, 1.807) is 26.5 Å². The number of amides is 4. The molecule has 8 heteroatoms. The Balaban J connectivity index is 1.78. The molecule has 2 fully saturated rings. The predicted molar refractivity (Wildman–Crippen MR) is 74.8 cm³/mol. The maximum Gasteiger partial charge on any atom is 0.409 e. The Hall–Kier alpha value is -1.99. The Bertz CT molecular complexity index is 388. The Morgan fingerprint density at radius 1 is 0.905 bits per heavy atom. The minimum absolute atomic E-state index is 0.0101. The van der Waals surface area contributed by atoms with Gasteiger partial charge in [-0.1, -0.05) is 0 Å². The minimum Gasteiger partial charge on any atom is -0.450 e. The largest absolute Gasteiger partial charge is 0.450 e. The standard InChI is InChI=1S/C13H22N4O4/c1-2-21-13(20)17-9-7-16(8-10-17)12(19)15-5-3-14(11-18)4-6-15/h11H,2-10H2,1H3. The van der Waals surface area contributed by atoms with Crippen LogP contribution in [0.2, 0.25) is 0 Å². The van der Waals surface area contributed by atoms with Gasteiger partial charge in [0.15, 0.2) is 0 Å². The van der Waals surface area contributed by atoms with E-state index in [9.17, 15) is 14.4 Å². The molecular weight excluding hydrogens is 276 g/mol. The molecule has 0 saturated carbocycles. The van der Waals surface area contributed by atoms with E-state index in [4.69, 9.17) is 4.74 Å². The summed E-state index contributed by atoms with van der Waals surface area (Å²) in [6.07, 6.45) is 0.504. The lowest BCUT2D eigenvalue weighted by Gasteiger charge is -2.39. The first-order valence-electron chi connectivity index (χ1n) is 7.30. The van der Waals surface area contributed by atoms with Crippen LogP contribution >= 0.6 is 0 Å². The van der Waals surface area contributed by atoms with Crippen LogP contribution in [0.5, 0.6) is 0 Å². The molecule has 2 aliphatic rings. The molecule has 21 heavy (non-hydrogen) atoms. The number of rotatable bonds is 2. The van der Waals surface area contributed by atoms with E-state index in [1.807, 2.05) is 0 Å². The van der Waals surface area contributed by atoms with Crippen LogP contribution in [-0.4, -0.2) is 97.1 Å². The number of piperazine rings is 2. The quantitative estimate of drug-likeness (QED) is 0.654. The second-order valence-corrected chi connectivity index (χ2v) is 5.08. The summed E-state index contributed by atoms with van der Waals surface area (Å²) in [6.45, 7) is 6.46. The Labute approximate surface area is 124 Å². The fraction of sp³-hybridized carbons (Fsp3) is 0.769. The SMILES string of the molecule is CCOC(=O)N1CCN(C(=O)N2CCN(C=O)CC2)CC1. The summed E-state index contributed by atoms with van der Waals surface area (Å²) < 4.78 is 4.95. The van der Waals surface area contributed by atoms with Crippen LogP contribution < -0.4 is 0 Å². The molecule has 0 unspecified atom stereocenters. The first-order chi connectivity index (χ1) is 10.2. The molecule has 0 spiro atoms. The van der Waals surface area contributed by atoms with Gasteiger partial charge in [0.25, 0.3) is 0 Å². The Morgan fingerprint density at radius 3 is 1.86 bits per heavy atom. The van der Waals surface area contributed by atoms with Crippen LogP contribution in [0.1, 0.15) is 6.92 Å². The van der Waals surface area contributed by atoms with Crippen LogP contribution in [0.25, 0.3) is 0 Å². The van der Waals surface area contributed by atoms with Crippen LogP contribution in [-0.2, 0) is 9.53 Å². The highest BCUT2D eigenvalue weighted by Crippen LogP contribution is 2.09. The van der Waals surface area contributed by atoms with Crippen molar-refractivity contribution < 1.29 is 19.1 Å². The average molecular weight is 298 g/mol. The third-order valence-electron chi connectivity index (χ3n) is 3.81. The fourth-order valence-electron chi connectivity index (χ4n) is 2.51. The number of carbonyl (C=O) groups excluding carboxylic acids is 3. The highest BCUT2D eigenvalue weighted by Gasteiger charge is 2.29. The molecule has 0 radical (unpaired) electrons. The van der Waals surface area contributed by atoms with Crippen molar-refractivity contribution in [3.8, 4) is 0 Å². The molecule has 2 heterocycles. The first-order valence-corrected chi connectivity index (χ1v) is 7.30. The summed E-state index contributed by atoms with van der Waals surface area (Å²) in [5.41, 5.74) is 0. The van der Waals surface area contributed by atoms with Gasteiger partial charge in [0.05, 0.1) is 6.61 Å². The molecule has 0 bridgehead atoms. The lowest BCUT2D eigenvalue weighted by atomic mass is 10.3. The van der Waals surface area contributed by atoms with Gasteiger partial charge in [-0.3, -0.25) is 4.79 Å². The summed E-state index contributed by atoms with van der Waals surface area (Å²) in [5, 5.41) is 0. The molecular formula is C13H22N4O4. The van der Waals surface area contributed by atoms with Crippen molar-refractivity contribution in [1.82, 2.24) is 19.6 Å². The van der Waals surface area contributed by atoms with Crippen molar-refractivity contribution in [2.45, 2.75) is 6.92 Å². The van der Waals surface area contributed by atoms with Gasteiger partial charge in [0.2, 0.25) is 6.41 Å². The van der Waals surface area contributed by atoms with Gasteiger partial charge in [-0.05, 0) is 6.92 Å². The van der Waals surface area contributed by atoms with Crippen molar-refractivity contribution in [2.24, 2.45) is 0 Å². The minimum atomic E-state index is -0.316. The van der Waals surface area contributed by atoms with Crippen LogP contribution in [0.15, 0.2) is 0 Å². The number of hydrogen-bond acceptors (Lipinski definition) is 4. The Morgan fingerprint density at radius 2 is 1.38 bits per heavy atom. The molecule has 0 N–H and O–H groups in total. The third kappa shape index (κ3) is 3.77. The summed E-state index contributed by atoms with van der Waals surface area (Å²) in [5.74, 6) is 0. The topological polar surface area (TPSA) is 73.4 Å². The molecule has 0 atom stereocenters. The van der Waals surface area contributed by atoms with E-state index in [2.05, 4.69) is 0 Å². The molecule has 0 aromatic carbocycles. The molecule has 2 aliphatic heterocycles. The first kappa shape index (κ1) is 15.4. The molecule has 2 rings (SSSR count). The Kier molecular flexibility index (Phi) is 5.24. The van der Waals surface area contributed by atoms with E-state index < -0.39 is 0 Å². The highest BCUT2D eigenvalue weighted by atomic mass is 16.6. The van der Waals surface area contributed by atoms with Crippen molar-refractivity contribution in [3.05, 3.63) is 0 Å². The van der Waals surface area contributed by atoms with Crippen LogP contribution in [0.3, 0.4) is 0 Å². The zero-order chi connectivity index (χ0) is 15.2. The van der Waals surface area contributed by atoms with Crippen LogP contribution in [0.4, 0.5) is 9.59 Å². The number of nitrogens with zero attached hydrogens (tertiary/aromatic N) is 4. The molecule has 118 valence electrons. The number of hydrogen-bond donors (Lipinski definition) is 0. The van der Waals surface area contributed by atoms with E-state index in [0.717, 1.165) is 6.41 Å².